The Kier molecular flexibility index (Phi) is 4.46. The maximum Gasteiger partial charge on any atom is 0.224 e. The minimum absolute atomic E-state index is 0.0122. The Bertz CT molecular complexity index is 925. The third-order valence-corrected chi connectivity index (χ3v) is 5.07. The molecule has 0 bridgehead atoms. The first-order valence-corrected chi connectivity index (χ1v) is 8.85. The van der Waals surface area contributed by atoms with Crippen molar-refractivity contribution in [2.75, 3.05) is 19.7 Å². The fourth-order valence-corrected chi connectivity index (χ4v) is 3.65. The fourth-order valence-electron chi connectivity index (χ4n) is 3.65. The highest BCUT2D eigenvalue weighted by molar-refractivity contribution is 5.95. The number of halogens is 1. The smallest absolute Gasteiger partial charge is 0.224 e. The van der Waals surface area contributed by atoms with Crippen LogP contribution >= 0.6 is 0 Å². The molecule has 0 aliphatic carbocycles. The molecule has 6 nitrogen and oxygen atoms in total. The van der Waals surface area contributed by atoms with Gasteiger partial charge in [0.2, 0.25) is 5.91 Å². The van der Waals surface area contributed by atoms with Crippen molar-refractivity contribution in [3.05, 3.63) is 42.6 Å². The molecule has 26 heavy (non-hydrogen) atoms. The van der Waals surface area contributed by atoms with Crippen molar-refractivity contribution in [3.8, 4) is 11.1 Å². The number of aliphatic hydroxyl groups excluding tert-OH is 1. The molecule has 0 radical (unpaired) electrons. The summed E-state index contributed by atoms with van der Waals surface area (Å²) in [5.74, 6) is -0.248. The van der Waals surface area contributed by atoms with Crippen LogP contribution in [0.5, 0.6) is 0 Å². The van der Waals surface area contributed by atoms with Gasteiger partial charge in [0.05, 0.1) is 18.8 Å². The first-order chi connectivity index (χ1) is 12.7. The normalized spacial score (nSPS) is 15.7. The molecule has 1 aliphatic heterocycles. The summed E-state index contributed by atoms with van der Waals surface area (Å²) in [4.78, 5) is 16.8. The Labute approximate surface area is 150 Å². The van der Waals surface area contributed by atoms with E-state index in [1.807, 2.05) is 28.2 Å². The SMILES string of the molecule is O=C(CCO)N1CCC(n2cc(-c3c[nH]c4cc(F)ccc34)cn2)CC1. The van der Waals surface area contributed by atoms with Gasteiger partial charge in [0.15, 0.2) is 0 Å². The largest absolute Gasteiger partial charge is 0.396 e. The summed E-state index contributed by atoms with van der Waals surface area (Å²) in [6.07, 6.45) is 7.60. The molecule has 136 valence electrons. The third kappa shape index (κ3) is 3.10. The van der Waals surface area contributed by atoms with Crippen LogP contribution < -0.4 is 0 Å². The molecule has 1 aromatic carbocycles. The molecule has 1 amide bonds. The van der Waals surface area contributed by atoms with Gasteiger partial charge in [-0.1, -0.05) is 0 Å². The molecule has 2 N–H and O–H groups in total. The summed E-state index contributed by atoms with van der Waals surface area (Å²) in [6.45, 7) is 1.27. The number of nitrogens with zero attached hydrogens (tertiary/aromatic N) is 3. The number of aromatic nitrogens is 3. The maximum atomic E-state index is 13.4. The number of piperidine rings is 1. The van der Waals surface area contributed by atoms with Crippen LogP contribution in [0.15, 0.2) is 36.8 Å². The molecule has 2 aromatic heterocycles. The van der Waals surface area contributed by atoms with Crippen molar-refractivity contribution in [1.82, 2.24) is 19.7 Å². The first-order valence-electron chi connectivity index (χ1n) is 8.85. The van der Waals surface area contributed by atoms with Gasteiger partial charge < -0.3 is 15.0 Å². The summed E-state index contributed by atoms with van der Waals surface area (Å²) in [6, 6.07) is 4.98. The number of carbonyl (C=O) groups excluding carboxylic acids is 1. The van der Waals surface area contributed by atoms with Gasteiger partial charge in [-0.05, 0) is 31.0 Å². The van der Waals surface area contributed by atoms with Crippen molar-refractivity contribution < 1.29 is 14.3 Å². The lowest BCUT2D eigenvalue weighted by atomic mass is 10.0. The van der Waals surface area contributed by atoms with Crippen LogP contribution in [0.4, 0.5) is 4.39 Å². The van der Waals surface area contributed by atoms with E-state index < -0.39 is 0 Å². The number of fused-ring (bicyclic) bond motifs is 1. The number of H-pyrrole nitrogens is 1. The van der Waals surface area contributed by atoms with Crippen molar-refractivity contribution in [2.45, 2.75) is 25.3 Å². The van der Waals surface area contributed by atoms with E-state index in [4.69, 9.17) is 5.11 Å². The summed E-state index contributed by atoms with van der Waals surface area (Å²) in [5.41, 5.74) is 2.76. The summed E-state index contributed by atoms with van der Waals surface area (Å²) in [5, 5.41) is 14.4. The summed E-state index contributed by atoms with van der Waals surface area (Å²) in [7, 11) is 0. The van der Waals surface area contributed by atoms with Crippen LogP contribution in [0.3, 0.4) is 0 Å². The summed E-state index contributed by atoms with van der Waals surface area (Å²) >= 11 is 0. The number of amides is 1. The van der Waals surface area contributed by atoms with Gasteiger partial charge in [-0.25, -0.2) is 4.39 Å². The second kappa shape index (κ2) is 6.92. The van der Waals surface area contributed by atoms with Crippen LogP contribution in [0.1, 0.15) is 25.3 Å². The zero-order chi connectivity index (χ0) is 18.1. The molecular formula is C19H21FN4O2. The van der Waals surface area contributed by atoms with E-state index in [0.29, 0.717) is 13.1 Å². The third-order valence-electron chi connectivity index (χ3n) is 5.07. The van der Waals surface area contributed by atoms with Crippen LogP contribution in [0, 0.1) is 5.82 Å². The molecule has 0 spiro atoms. The standard InChI is InChI=1S/C19H21FN4O2/c20-14-1-2-16-17(11-21-18(16)9-14)13-10-22-24(12-13)15-3-6-23(7-4-15)19(26)5-8-25/h1-2,9-12,15,21,25H,3-8H2. The average molecular weight is 356 g/mol. The number of hydrogen-bond acceptors (Lipinski definition) is 3. The predicted octanol–water partition coefficient (Wildman–Crippen LogP) is 2.72. The van der Waals surface area contributed by atoms with Gasteiger partial charge in [0, 0.05) is 53.9 Å². The molecule has 7 heteroatoms. The number of hydrogen-bond donors (Lipinski definition) is 2. The molecule has 3 heterocycles. The monoisotopic (exact) mass is 356 g/mol. The molecule has 4 rings (SSSR count). The number of rotatable bonds is 4. The second-order valence-corrected chi connectivity index (χ2v) is 6.69. The minimum atomic E-state index is -0.260. The molecule has 0 atom stereocenters. The highest BCUT2D eigenvalue weighted by atomic mass is 19.1. The Morgan fingerprint density at radius 2 is 2.15 bits per heavy atom. The molecule has 0 unspecified atom stereocenters. The van der Waals surface area contributed by atoms with Crippen molar-refractivity contribution in [1.29, 1.82) is 0 Å². The van der Waals surface area contributed by atoms with Crippen molar-refractivity contribution in [3.63, 3.8) is 0 Å². The van der Waals surface area contributed by atoms with Crippen LogP contribution in [0.2, 0.25) is 0 Å². The first kappa shape index (κ1) is 16.8. The van der Waals surface area contributed by atoms with E-state index in [1.54, 1.807) is 6.07 Å². The van der Waals surface area contributed by atoms with Crippen molar-refractivity contribution >= 4 is 16.8 Å². The van der Waals surface area contributed by atoms with Crippen LogP contribution in [0.25, 0.3) is 22.0 Å². The number of benzene rings is 1. The van der Waals surface area contributed by atoms with Gasteiger partial charge in [0.25, 0.3) is 0 Å². The molecule has 1 fully saturated rings. The Balaban J connectivity index is 1.49. The number of carbonyl (C=O) groups is 1. The predicted molar refractivity (Wildman–Crippen MR) is 96.0 cm³/mol. The van der Waals surface area contributed by atoms with Gasteiger partial charge in [-0.2, -0.15) is 5.10 Å². The zero-order valence-corrected chi connectivity index (χ0v) is 14.4. The number of nitrogens with one attached hydrogen (secondary N) is 1. The number of aliphatic hydroxyl groups is 1. The highest BCUT2D eigenvalue weighted by Crippen LogP contribution is 2.30. The van der Waals surface area contributed by atoms with Gasteiger partial charge in [-0.3, -0.25) is 9.48 Å². The van der Waals surface area contributed by atoms with Crippen LogP contribution in [-0.4, -0.2) is 50.4 Å². The quantitative estimate of drug-likeness (QED) is 0.755. The zero-order valence-electron chi connectivity index (χ0n) is 14.4. The van der Waals surface area contributed by atoms with E-state index in [-0.39, 0.29) is 30.8 Å². The number of aromatic amines is 1. The average Bonchev–Trinajstić information content (AvgIpc) is 3.28. The van der Waals surface area contributed by atoms with E-state index in [2.05, 4.69) is 10.1 Å². The lowest BCUT2D eigenvalue weighted by Gasteiger charge is -2.32. The van der Waals surface area contributed by atoms with Gasteiger partial charge in [0.1, 0.15) is 5.82 Å². The van der Waals surface area contributed by atoms with Crippen LogP contribution in [-0.2, 0) is 4.79 Å². The lowest BCUT2D eigenvalue weighted by Crippen LogP contribution is -2.39. The minimum Gasteiger partial charge on any atom is -0.396 e. The number of likely N-dealkylation sites (tertiary alicyclic amines) is 1. The molecule has 1 aliphatic rings. The van der Waals surface area contributed by atoms with E-state index >= 15 is 0 Å². The summed E-state index contributed by atoms with van der Waals surface area (Å²) < 4.78 is 15.3. The van der Waals surface area contributed by atoms with Gasteiger partial charge >= 0.3 is 0 Å². The van der Waals surface area contributed by atoms with E-state index in [9.17, 15) is 9.18 Å². The Hall–Kier alpha value is -2.67. The molecular weight excluding hydrogens is 335 g/mol. The van der Waals surface area contributed by atoms with E-state index in [0.717, 1.165) is 34.9 Å². The topological polar surface area (TPSA) is 74.2 Å². The molecule has 0 saturated carbocycles. The second-order valence-electron chi connectivity index (χ2n) is 6.69. The van der Waals surface area contributed by atoms with Gasteiger partial charge in [-0.15, -0.1) is 0 Å². The fraction of sp³-hybridized carbons (Fsp3) is 0.368. The Morgan fingerprint density at radius 1 is 1.35 bits per heavy atom. The maximum absolute atomic E-state index is 13.4. The molecule has 3 aromatic rings. The molecule has 1 saturated heterocycles. The van der Waals surface area contributed by atoms with Crippen molar-refractivity contribution in [2.24, 2.45) is 0 Å². The lowest BCUT2D eigenvalue weighted by molar-refractivity contribution is -0.133. The van der Waals surface area contributed by atoms with E-state index in [1.165, 1.54) is 12.1 Å². The highest BCUT2D eigenvalue weighted by Gasteiger charge is 2.24. The Morgan fingerprint density at radius 3 is 2.92 bits per heavy atom.